The molecule has 0 aliphatic rings. The Morgan fingerprint density at radius 3 is 2.46 bits per heavy atom. The standard InChI is InChI=1S/C9H12F2N2/c1-6(13-12-2)7-3-4-8(10)9(11)5-7/h3-6,12-13H,1-2H3. The zero-order valence-corrected chi connectivity index (χ0v) is 7.57. The molecule has 2 nitrogen and oxygen atoms in total. The van der Waals surface area contributed by atoms with Gasteiger partial charge < -0.3 is 0 Å². The van der Waals surface area contributed by atoms with Crippen molar-refractivity contribution < 1.29 is 8.78 Å². The third kappa shape index (κ3) is 2.47. The van der Waals surface area contributed by atoms with Crippen LogP contribution >= 0.6 is 0 Å². The lowest BCUT2D eigenvalue weighted by Gasteiger charge is -2.12. The lowest BCUT2D eigenvalue weighted by molar-refractivity contribution is 0.485. The van der Waals surface area contributed by atoms with Crippen molar-refractivity contribution in [2.75, 3.05) is 7.05 Å². The molecule has 0 aromatic heterocycles. The molecule has 0 spiro atoms. The highest BCUT2D eigenvalue weighted by atomic mass is 19.2. The van der Waals surface area contributed by atoms with E-state index in [9.17, 15) is 8.78 Å². The summed E-state index contributed by atoms with van der Waals surface area (Å²) in [6.45, 7) is 1.85. The Hall–Kier alpha value is -1.00. The van der Waals surface area contributed by atoms with Gasteiger partial charge in [0.2, 0.25) is 0 Å². The van der Waals surface area contributed by atoms with E-state index in [0.717, 1.165) is 6.07 Å². The molecule has 1 unspecified atom stereocenters. The summed E-state index contributed by atoms with van der Waals surface area (Å²) >= 11 is 0. The molecule has 0 aliphatic heterocycles. The third-order valence-electron chi connectivity index (χ3n) is 1.80. The average molecular weight is 186 g/mol. The van der Waals surface area contributed by atoms with Crippen LogP contribution in [0.2, 0.25) is 0 Å². The highest BCUT2D eigenvalue weighted by molar-refractivity contribution is 5.20. The smallest absolute Gasteiger partial charge is 0.159 e. The fourth-order valence-electron chi connectivity index (χ4n) is 1.08. The van der Waals surface area contributed by atoms with Gasteiger partial charge in [-0.25, -0.2) is 8.78 Å². The first-order chi connectivity index (χ1) is 6.15. The minimum Gasteiger partial charge on any atom is -0.260 e. The summed E-state index contributed by atoms with van der Waals surface area (Å²) in [6, 6.07) is 3.80. The Labute approximate surface area is 75.9 Å². The summed E-state index contributed by atoms with van der Waals surface area (Å²) in [5, 5.41) is 0. The normalized spacial score (nSPS) is 12.9. The van der Waals surface area contributed by atoms with Gasteiger partial charge in [-0.3, -0.25) is 10.9 Å². The lowest BCUT2D eigenvalue weighted by atomic mass is 10.1. The van der Waals surface area contributed by atoms with Crippen LogP contribution in [0.4, 0.5) is 8.78 Å². The second kappa shape index (κ2) is 4.30. The third-order valence-corrected chi connectivity index (χ3v) is 1.80. The van der Waals surface area contributed by atoms with E-state index in [0.29, 0.717) is 5.56 Å². The van der Waals surface area contributed by atoms with E-state index in [1.54, 1.807) is 13.1 Å². The van der Waals surface area contributed by atoms with Crippen molar-refractivity contribution >= 4 is 0 Å². The molecule has 0 saturated carbocycles. The van der Waals surface area contributed by atoms with Gasteiger partial charge in [-0.15, -0.1) is 0 Å². The maximum absolute atomic E-state index is 12.8. The first-order valence-electron chi connectivity index (χ1n) is 4.02. The van der Waals surface area contributed by atoms with Crippen LogP contribution in [0.1, 0.15) is 18.5 Å². The Morgan fingerprint density at radius 2 is 1.92 bits per heavy atom. The molecule has 1 aromatic carbocycles. The van der Waals surface area contributed by atoms with Crippen LogP contribution in [0.25, 0.3) is 0 Å². The second-order valence-corrected chi connectivity index (χ2v) is 2.79. The predicted octanol–water partition coefficient (Wildman–Crippen LogP) is 1.75. The summed E-state index contributed by atoms with van der Waals surface area (Å²) in [4.78, 5) is 0. The summed E-state index contributed by atoms with van der Waals surface area (Å²) in [6.07, 6.45) is 0. The van der Waals surface area contributed by atoms with Gasteiger partial charge in [-0.1, -0.05) is 6.07 Å². The number of hydrazine groups is 1. The summed E-state index contributed by atoms with van der Waals surface area (Å²) in [5.74, 6) is -1.64. The van der Waals surface area contributed by atoms with Crippen molar-refractivity contribution in [3.63, 3.8) is 0 Å². The molecule has 0 radical (unpaired) electrons. The minimum absolute atomic E-state index is 0.0555. The second-order valence-electron chi connectivity index (χ2n) is 2.79. The van der Waals surface area contributed by atoms with E-state index < -0.39 is 11.6 Å². The van der Waals surface area contributed by atoms with Crippen LogP contribution in [0.5, 0.6) is 0 Å². The monoisotopic (exact) mass is 186 g/mol. The number of hydrogen-bond acceptors (Lipinski definition) is 2. The molecule has 0 aliphatic carbocycles. The SMILES string of the molecule is CNNC(C)c1ccc(F)c(F)c1. The number of hydrogen-bond donors (Lipinski definition) is 2. The number of rotatable bonds is 3. The summed E-state index contributed by atoms with van der Waals surface area (Å²) in [7, 11) is 1.72. The summed E-state index contributed by atoms with van der Waals surface area (Å²) in [5.41, 5.74) is 6.31. The van der Waals surface area contributed by atoms with E-state index >= 15 is 0 Å². The minimum atomic E-state index is -0.819. The van der Waals surface area contributed by atoms with Crippen LogP contribution < -0.4 is 10.9 Å². The average Bonchev–Trinajstić information content (AvgIpc) is 2.10. The quantitative estimate of drug-likeness (QED) is 0.703. The van der Waals surface area contributed by atoms with Crippen molar-refractivity contribution in [2.45, 2.75) is 13.0 Å². The number of benzene rings is 1. The van der Waals surface area contributed by atoms with Gasteiger partial charge in [-0.05, 0) is 31.7 Å². The molecule has 0 bridgehead atoms. The van der Waals surface area contributed by atoms with Crippen LogP contribution in [-0.4, -0.2) is 7.05 Å². The van der Waals surface area contributed by atoms with Crippen LogP contribution in [0, 0.1) is 11.6 Å². The van der Waals surface area contributed by atoms with E-state index in [4.69, 9.17) is 0 Å². The zero-order valence-electron chi connectivity index (χ0n) is 7.57. The zero-order chi connectivity index (χ0) is 9.84. The molecular formula is C9H12F2N2. The molecular weight excluding hydrogens is 174 g/mol. The first kappa shape index (κ1) is 10.1. The van der Waals surface area contributed by atoms with Crippen LogP contribution in [-0.2, 0) is 0 Å². The molecule has 0 saturated heterocycles. The predicted molar refractivity (Wildman–Crippen MR) is 47.0 cm³/mol. The van der Waals surface area contributed by atoms with Gasteiger partial charge in [0, 0.05) is 6.04 Å². The Bertz CT molecular complexity index is 289. The van der Waals surface area contributed by atoms with Crippen LogP contribution in [0.3, 0.4) is 0 Å². The van der Waals surface area contributed by atoms with Crippen molar-refractivity contribution in [2.24, 2.45) is 0 Å². The fourth-order valence-corrected chi connectivity index (χ4v) is 1.08. The maximum Gasteiger partial charge on any atom is 0.159 e. The van der Waals surface area contributed by atoms with Crippen LogP contribution in [0.15, 0.2) is 18.2 Å². The molecule has 13 heavy (non-hydrogen) atoms. The molecule has 2 N–H and O–H groups in total. The highest BCUT2D eigenvalue weighted by Gasteiger charge is 2.07. The molecule has 1 rings (SSSR count). The fraction of sp³-hybridized carbons (Fsp3) is 0.333. The molecule has 0 fully saturated rings. The number of nitrogens with one attached hydrogen (secondary N) is 2. The van der Waals surface area contributed by atoms with Crippen molar-refractivity contribution in [3.05, 3.63) is 35.4 Å². The van der Waals surface area contributed by atoms with Gasteiger partial charge in [0.25, 0.3) is 0 Å². The van der Waals surface area contributed by atoms with Gasteiger partial charge in [-0.2, -0.15) is 0 Å². The molecule has 0 heterocycles. The number of halogens is 2. The summed E-state index contributed by atoms with van der Waals surface area (Å²) < 4.78 is 25.3. The van der Waals surface area contributed by atoms with Gasteiger partial charge in [0.1, 0.15) is 0 Å². The Balaban J connectivity index is 2.84. The van der Waals surface area contributed by atoms with Crippen molar-refractivity contribution in [1.82, 2.24) is 10.9 Å². The highest BCUT2D eigenvalue weighted by Crippen LogP contribution is 2.14. The Morgan fingerprint density at radius 1 is 1.23 bits per heavy atom. The molecule has 72 valence electrons. The van der Waals surface area contributed by atoms with E-state index in [-0.39, 0.29) is 6.04 Å². The van der Waals surface area contributed by atoms with Gasteiger partial charge >= 0.3 is 0 Å². The molecule has 0 amide bonds. The first-order valence-corrected chi connectivity index (χ1v) is 4.02. The molecule has 1 aromatic rings. The van der Waals surface area contributed by atoms with E-state index in [1.165, 1.54) is 6.07 Å². The maximum atomic E-state index is 12.8. The lowest BCUT2D eigenvalue weighted by Crippen LogP contribution is -2.30. The molecule has 4 heteroatoms. The van der Waals surface area contributed by atoms with Gasteiger partial charge in [0.15, 0.2) is 11.6 Å². The van der Waals surface area contributed by atoms with Crippen molar-refractivity contribution in [3.8, 4) is 0 Å². The van der Waals surface area contributed by atoms with E-state index in [1.807, 2.05) is 6.92 Å². The largest absolute Gasteiger partial charge is 0.260 e. The Kier molecular flexibility index (Phi) is 3.33. The van der Waals surface area contributed by atoms with Crippen molar-refractivity contribution in [1.29, 1.82) is 0 Å². The van der Waals surface area contributed by atoms with E-state index in [2.05, 4.69) is 10.9 Å². The topological polar surface area (TPSA) is 24.1 Å². The molecule has 1 atom stereocenters. The van der Waals surface area contributed by atoms with Gasteiger partial charge in [0.05, 0.1) is 0 Å².